The van der Waals surface area contributed by atoms with Gasteiger partial charge in [-0.15, -0.1) is 0 Å². The summed E-state index contributed by atoms with van der Waals surface area (Å²) in [6.07, 6.45) is 3.40. The number of allylic oxidation sites excluding steroid dienone is 1. The molecule has 2 amide bonds. The SMILES string of the molecule is COC1=CC2=C(C(=O)N(CCC(C(=O)OC(C)(C)C)C(=O)OC(C)(C)C)C2=O)C(OC)=CC1. The molecule has 0 aromatic rings. The van der Waals surface area contributed by atoms with E-state index in [0.29, 0.717) is 12.2 Å². The molecule has 2 aliphatic rings. The van der Waals surface area contributed by atoms with Crippen molar-refractivity contribution in [1.29, 1.82) is 0 Å². The molecular weight excluding hydrogens is 430 g/mol. The molecule has 9 heteroatoms. The van der Waals surface area contributed by atoms with Crippen LogP contribution in [0.2, 0.25) is 0 Å². The van der Waals surface area contributed by atoms with Gasteiger partial charge in [0.2, 0.25) is 0 Å². The number of carbonyl (C=O) groups excluding carboxylic acids is 4. The maximum absolute atomic E-state index is 13.1. The van der Waals surface area contributed by atoms with Crippen molar-refractivity contribution < 1.29 is 38.1 Å². The van der Waals surface area contributed by atoms with Crippen LogP contribution in [0.4, 0.5) is 0 Å². The number of ether oxygens (including phenoxy) is 4. The van der Waals surface area contributed by atoms with Gasteiger partial charge in [-0.2, -0.15) is 0 Å². The Bertz CT molecular complexity index is 899. The molecule has 9 nitrogen and oxygen atoms in total. The minimum Gasteiger partial charge on any atom is -0.501 e. The second kappa shape index (κ2) is 9.80. The van der Waals surface area contributed by atoms with E-state index >= 15 is 0 Å². The molecule has 0 radical (unpaired) electrons. The molecule has 0 aromatic heterocycles. The van der Waals surface area contributed by atoms with E-state index in [1.165, 1.54) is 20.3 Å². The molecule has 0 atom stereocenters. The maximum Gasteiger partial charge on any atom is 0.320 e. The van der Waals surface area contributed by atoms with Crippen molar-refractivity contribution in [3.63, 3.8) is 0 Å². The first-order valence-electron chi connectivity index (χ1n) is 10.7. The first-order chi connectivity index (χ1) is 15.2. The Balaban J connectivity index is 2.28. The van der Waals surface area contributed by atoms with Gasteiger partial charge in [0.1, 0.15) is 22.7 Å². The van der Waals surface area contributed by atoms with E-state index in [1.807, 2.05) is 0 Å². The predicted octanol–water partition coefficient (Wildman–Crippen LogP) is 2.81. The molecule has 0 unspecified atom stereocenters. The molecule has 0 N–H and O–H groups in total. The lowest BCUT2D eigenvalue weighted by molar-refractivity contribution is -0.175. The van der Waals surface area contributed by atoms with E-state index in [9.17, 15) is 19.2 Å². The van der Waals surface area contributed by atoms with Crippen LogP contribution in [-0.4, -0.2) is 60.6 Å². The zero-order valence-corrected chi connectivity index (χ0v) is 20.6. The van der Waals surface area contributed by atoms with Crippen LogP contribution in [0.1, 0.15) is 54.4 Å². The van der Waals surface area contributed by atoms with Gasteiger partial charge < -0.3 is 18.9 Å². The summed E-state index contributed by atoms with van der Waals surface area (Å²) in [6.45, 7) is 9.93. The second-order valence-corrected chi connectivity index (χ2v) is 9.75. The van der Waals surface area contributed by atoms with E-state index < -0.39 is 40.9 Å². The molecule has 1 aliphatic carbocycles. The zero-order chi connectivity index (χ0) is 25.1. The van der Waals surface area contributed by atoms with Gasteiger partial charge in [-0.05, 0) is 60.1 Å². The van der Waals surface area contributed by atoms with Crippen molar-refractivity contribution in [2.45, 2.75) is 65.6 Å². The first-order valence-corrected chi connectivity index (χ1v) is 10.7. The number of carbonyl (C=O) groups is 4. The third-order valence-corrected chi connectivity index (χ3v) is 4.75. The summed E-state index contributed by atoms with van der Waals surface area (Å²) in [4.78, 5) is 52.7. The molecule has 0 spiro atoms. The molecule has 1 heterocycles. The number of amides is 2. The third-order valence-electron chi connectivity index (χ3n) is 4.75. The summed E-state index contributed by atoms with van der Waals surface area (Å²) in [7, 11) is 2.89. The summed E-state index contributed by atoms with van der Waals surface area (Å²) in [5.74, 6) is -3.20. The number of nitrogens with zero attached hydrogens (tertiary/aromatic N) is 1. The van der Waals surface area contributed by atoms with Crippen LogP contribution in [0.5, 0.6) is 0 Å². The zero-order valence-electron chi connectivity index (χ0n) is 20.6. The number of hydrogen-bond acceptors (Lipinski definition) is 8. The fourth-order valence-electron chi connectivity index (χ4n) is 3.35. The van der Waals surface area contributed by atoms with Gasteiger partial charge in [0.15, 0.2) is 5.92 Å². The van der Waals surface area contributed by atoms with Crippen LogP contribution >= 0.6 is 0 Å². The van der Waals surface area contributed by atoms with Crippen LogP contribution < -0.4 is 0 Å². The Morgan fingerprint density at radius 3 is 1.94 bits per heavy atom. The maximum atomic E-state index is 13.1. The van der Waals surface area contributed by atoms with E-state index in [0.717, 1.165) is 4.90 Å². The number of imide groups is 1. The molecule has 33 heavy (non-hydrogen) atoms. The van der Waals surface area contributed by atoms with E-state index in [1.54, 1.807) is 47.6 Å². The lowest BCUT2D eigenvalue weighted by atomic mass is 10.0. The molecule has 1 aliphatic heterocycles. The lowest BCUT2D eigenvalue weighted by Crippen LogP contribution is -2.40. The predicted molar refractivity (Wildman–Crippen MR) is 118 cm³/mol. The molecular formula is C24H33NO8. The van der Waals surface area contributed by atoms with Crippen LogP contribution in [0.15, 0.2) is 34.8 Å². The van der Waals surface area contributed by atoms with Crippen molar-refractivity contribution in [2.75, 3.05) is 20.8 Å². The molecule has 182 valence electrons. The molecule has 2 rings (SSSR count). The van der Waals surface area contributed by atoms with Crippen LogP contribution in [0, 0.1) is 5.92 Å². The highest BCUT2D eigenvalue weighted by Crippen LogP contribution is 2.33. The van der Waals surface area contributed by atoms with E-state index in [4.69, 9.17) is 18.9 Å². The summed E-state index contributed by atoms with van der Waals surface area (Å²) >= 11 is 0. The topological polar surface area (TPSA) is 108 Å². The van der Waals surface area contributed by atoms with Gasteiger partial charge in [-0.3, -0.25) is 24.1 Å². The van der Waals surface area contributed by atoms with Gasteiger partial charge in [0.25, 0.3) is 11.8 Å². The Kier molecular flexibility index (Phi) is 7.77. The number of esters is 2. The largest absolute Gasteiger partial charge is 0.501 e. The van der Waals surface area contributed by atoms with Crippen LogP contribution in [-0.2, 0) is 38.1 Å². The number of rotatable bonds is 7. The van der Waals surface area contributed by atoms with Gasteiger partial charge in [-0.1, -0.05) is 0 Å². The Morgan fingerprint density at radius 1 is 0.939 bits per heavy atom. The summed E-state index contributed by atoms with van der Waals surface area (Å²) in [6, 6.07) is 0. The van der Waals surface area contributed by atoms with Crippen molar-refractivity contribution >= 4 is 23.8 Å². The van der Waals surface area contributed by atoms with E-state index in [-0.39, 0.29) is 29.9 Å². The monoisotopic (exact) mass is 463 g/mol. The van der Waals surface area contributed by atoms with Crippen molar-refractivity contribution in [2.24, 2.45) is 5.92 Å². The highest BCUT2D eigenvalue weighted by atomic mass is 16.6. The first kappa shape index (κ1) is 26.2. The fourth-order valence-corrected chi connectivity index (χ4v) is 3.35. The summed E-state index contributed by atoms with van der Waals surface area (Å²) in [5, 5.41) is 0. The van der Waals surface area contributed by atoms with Gasteiger partial charge >= 0.3 is 11.9 Å². The Labute approximate surface area is 194 Å². The lowest BCUT2D eigenvalue weighted by Gasteiger charge is -2.27. The minimum atomic E-state index is -1.30. The fraction of sp³-hybridized carbons (Fsp3) is 0.583. The Morgan fingerprint density at radius 2 is 1.48 bits per heavy atom. The summed E-state index contributed by atoms with van der Waals surface area (Å²) in [5.41, 5.74) is -1.38. The number of hydrogen-bond donors (Lipinski definition) is 0. The molecule has 0 aromatic carbocycles. The molecule has 0 bridgehead atoms. The summed E-state index contributed by atoms with van der Waals surface area (Å²) < 4.78 is 21.4. The van der Waals surface area contributed by atoms with Gasteiger partial charge in [0.05, 0.1) is 25.4 Å². The Hall–Kier alpha value is -3.10. The normalized spacial score (nSPS) is 16.8. The van der Waals surface area contributed by atoms with Crippen molar-refractivity contribution in [3.05, 3.63) is 34.8 Å². The van der Waals surface area contributed by atoms with Gasteiger partial charge in [-0.25, -0.2) is 0 Å². The standard InChI is InChI=1S/C24H33NO8/c1-23(2,3)32-21(28)15(22(29)33-24(4,5)6)11-12-25-19(26)16-13-14(30-7)9-10-17(31-8)18(16)20(25)27/h10,13,15H,9,11-12H2,1-8H3. The average molecular weight is 464 g/mol. The van der Waals surface area contributed by atoms with Gasteiger partial charge in [0, 0.05) is 13.0 Å². The smallest absolute Gasteiger partial charge is 0.320 e. The average Bonchev–Trinajstić information content (AvgIpc) is 2.81. The van der Waals surface area contributed by atoms with Crippen LogP contribution in [0.3, 0.4) is 0 Å². The molecule has 0 saturated heterocycles. The van der Waals surface area contributed by atoms with Crippen molar-refractivity contribution in [3.8, 4) is 0 Å². The quantitative estimate of drug-likeness (QED) is 0.322. The highest BCUT2D eigenvalue weighted by molar-refractivity contribution is 6.22. The van der Waals surface area contributed by atoms with Crippen molar-refractivity contribution in [1.82, 2.24) is 4.90 Å². The molecule has 0 saturated carbocycles. The molecule has 0 fully saturated rings. The minimum absolute atomic E-state index is 0.126. The van der Waals surface area contributed by atoms with E-state index in [2.05, 4.69) is 0 Å². The number of methoxy groups -OCH3 is 2. The highest BCUT2D eigenvalue weighted by Gasteiger charge is 2.42. The third kappa shape index (κ3) is 6.46. The van der Waals surface area contributed by atoms with Crippen LogP contribution in [0.25, 0.3) is 0 Å². The second-order valence-electron chi connectivity index (χ2n) is 9.75.